The molecule has 3 nitrogen and oxygen atoms in total. The topological polar surface area (TPSA) is 24.8 Å². The number of hydrogen-bond acceptors (Lipinski definition) is 1. The maximum Gasteiger partial charge on any atom is 0.231 e. The number of halogens is 1. The van der Waals surface area contributed by atoms with Gasteiger partial charge in [0.15, 0.2) is 0 Å². The predicted octanol–water partition coefficient (Wildman–Crippen LogP) is 2.02. The van der Waals surface area contributed by atoms with Crippen LogP contribution in [0, 0.1) is 11.7 Å². The van der Waals surface area contributed by atoms with Gasteiger partial charge in [-0.2, -0.15) is 0 Å². The van der Waals surface area contributed by atoms with Crippen LogP contribution in [0.1, 0.15) is 44.1 Å². The molecular weight excluding hydrogens is 291 g/mol. The Bertz CT molecular complexity index is 509. The fraction of sp³-hybridized carbons (Fsp3) is 0.632. The van der Waals surface area contributed by atoms with E-state index >= 15 is 0 Å². The van der Waals surface area contributed by atoms with Gasteiger partial charge in [-0.25, -0.2) is 4.39 Å². The van der Waals surface area contributed by atoms with Crippen molar-refractivity contribution >= 4 is 5.91 Å². The SMILES string of the molecule is O=C([C@H]1CCC[NH+](Cc2ccc(F)cc2)C1)N1CCCCCC1. The second-order valence-electron chi connectivity index (χ2n) is 7.09. The number of piperidine rings is 1. The molecule has 0 bridgehead atoms. The molecule has 2 saturated heterocycles. The Morgan fingerprint density at radius 1 is 1.09 bits per heavy atom. The summed E-state index contributed by atoms with van der Waals surface area (Å²) >= 11 is 0. The first-order chi connectivity index (χ1) is 11.2. The molecular formula is C19H28FN2O+. The van der Waals surface area contributed by atoms with E-state index in [-0.39, 0.29) is 11.7 Å². The molecule has 2 aliphatic heterocycles. The molecule has 0 aliphatic carbocycles. The number of carbonyl (C=O) groups excluding carboxylic acids is 1. The minimum atomic E-state index is -0.184. The lowest BCUT2D eigenvalue weighted by Gasteiger charge is -2.32. The summed E-state index contributed by atoms with van der Waals surface area (Å²) in [7, 11) is 0. The molecule has 0 radical (unpaired) electrons. The number of nitrogens with zero attached hydrogens (tertiary/aromatic N) is 1. The second kappa shape index (κ2) is 7.91. The molecule has 1 unspecified atom stereocenters. The van der Waals surface area contributed by atoms with Gasteiger partial charge in [-0.3, -0.25) is 4.79 Å². The lowest BCUT2D eigenvalue weighted by Crippen LogP contribution is -3.12. The average molecular weight is 319 g/mol. The number of hydrogen-bond donors (Lipinski definition) is 1. The molecule has 1 N–H and O–H groups in total. The van der Waals surface area contributed by atoms with Crippen molar-refractivity contribution in [3.05, 3.63) is 35.6 Å². The summed E-state index contributed by atoms with van der Waals surface area (Å²) in [5.41, 5.74) is 1.16. The largest absolute Gasteiger partial charge is 0.342 e. The monoisotopic (exact) mass is 319 g/mol. The van der Waals surface area contributed by atoms with Crippen LogP contribution in [-0.2, 0) is 11.3 Å². The molecule has 1 aromatic rings. The Labute approximate surface area is 138 Å². The van der Waals surface area contributed by atoms with Gasteiger partial charge in [0.2, 0.25) is 5.91 Å². The third-order valence-corrected chi connectivity index (χ3v) is 5.25. The number of amides is 1. The molecule has 23 heavy (non-hydrogen) atoms. The molecule has 1 amide bonds. The molecule has 2 atom stereocenters. The summed E-state index contributed by atoms with van der Waals surface area (Å²) in [6, 6.07) is 6.78. The Hall–Kier alpha value is -1.42. The van der Waals surface area contributed by atoms with Crippen LogP contribution in [0.3, 0.4) is 0 Å². The van der Waals surface area contributed by atoms with Crippen molar-refractivity contribution in [1.29, 1.82) is 0 Å². The molecule has 4 heteroatoms. The summed E-state index contributed by atoms with van der Waals surface area (Å²) in [5, 5.41) is 0. The van der Waals surface area contributed by atoms with Crippen LogP contribution in [-0.4, -0.2) is 37.0 Å². The number of carbonyl (C=O) groups is 1. The van der Waals surface area contributed by atoms with Gasteiger partial charge in [-0.15, -0.1) is 0 Å². The van der Waals surface area contributed by atoms with Crippen molar-refractivity contribution in [3.8, 4) is 0 Å². The quantitative estimate of drug-likeness (QED) is 0.906. The van der Waals surface area contributed by atoms with Crippen molar-refractivity contribution in [2.24, 2.45) is 5.92 Å². The van der Waals surface area contributed by atoms with E-state index in [1.54, 1.807) is 0 Å². The summed E-state index contributed by atoms with van der Waals surface area (Å²) in [6.07, 6.45) is 6.98. The third-order valence-electron chi connectivity index (χ3n) is 5.25. The standard InChI is InChI=1S/C19H27FN2O/c20-18-9-7-16(8-10-18)14-21-11-5-6-17(15-21)19(23)22-12-3-1-2-4-13-22/h7-10,17H,1-6,11-15H2/p+1/t17-/m0/s1. The number of quaternary nitrogens is 1. The number of rotatable bonds is 3. The molecule has 3 rings (SSSR count). The predicted molar refractivity (Wildman–Crippen MR) is 88.6 cm³/mol. The van der Waals surface area contributed by atoms with Gasteiger partial charge in [0.1, 0.15) is 12.4 Å². The lowest BCUT2D eigenvalue weighted by molar-refractivity contribution is -0.921. The van der Waals surface area contributed by atoms with Gasteiger partial charge in [-0.05, 0) is 37.8 Å². The maximum absolute atomic E-state index is 13.0. The summed E-state index contributed by atoms with van der Waals surface area (Å²) in [4.78, 5) is 16.4. The molecule has 2 heterocycles. The molecule has 2 aliphatic rings. The Morgan fingerprint density at radius 2 is 1.78 bits per heavy atom. The van der Waals surface area contributed by atoms with Crippen molar-refractivity contribution in [2.75, 3.05) is 26.2 Å². The number of benzene rings is 1. The van der Waals surface area contributed by atoms with Gasteiger partial charge >= 0.3 is 0 Å². The smallest absolute Gasteiger partial charge is 0.231 e. The molecule has 0 saturated carbocycles. The van der Waals surface area contributed by atoms with Crippen LogP contribution in [0.25, 0.3) is 0 Å². The number of nitrogens with one attached hydrogen (secondary N) is 1. The first-order valence-corrected chi connectivity index (χ1v) is 9.09. The van der Waals surface area contributed by atoms with Crippen LogP contribution in [0.15, 0.2) is 24.3 Å². The second-order valence-corrected chi connectivity index (χ2v) is 7.09. The Kier molecular flexibility index (Phi) is 5.65. The van der Waals surface area contributed by atoms with E-state index in [4.69, 9.17) is 0 Å². The Morgan fingerprint density at radius 3 is 2.48 bits per heavy atom. The zero-order valence-electron chi connectivity index (χ0n) is 13.9. The highest BCUT2D eigenvalue weighted by molar-refractivity contribution is 5.79. The van der Waals surface area contributed by atoms with E-state index in [0.717, 1.165) is 64.0 Å². The minimum absolute atomic E-state index is 0.178. The van der Waals surface area contributed by atoms with Crippen LogP contribution in [0.5, 0.6) is 0 Å². The van der Waals surface area contributed by atoms with Gasteiger partial charge in [0, 0.05) is 18.7 Å². The van der Waals surface area contributed by atoms with Crippen molar-refractivity contribution in [2.45, 2.75) is 45.1 Å². The van der Waals surface area contributed by atoms with Crippen molar-refractivity contribution in [1.82, 2.24) is 4.90 Å². The van der Waals surface area contributed by atoms with Crippen LogP contribution in [0.4, 0.5) is 4.39 Å². The van der Waals surface area contributed by atoms with E-state index in [1.807, 2.05) is 12.1 Å². The molecule has 2 fully saturated rings. The first kappa shape index (κ1) is 16.4. The van der Waals surface area contributed by atoms with Crippen molar-refractivity contribution < 1.29 is 14.1 Å². The third kappa shape index (κ3) is 4.54. The summed E-state index contributed by atoms with van der Waals surface area (Å²) in [5.74, 6) is 0.372. The first-order valence-electron chi connectivity index (χ1n) is 9.09. The van der Waals surface area contributed by atoms with Gasteiger partial charge in [0.25, 0.3) is 0 Å². The van der Waals surface area contributed by atoms with Crippen LogP contribution < -0.4 is 4.90 Å². The van der Waals surface area contributed by atoms with E-state index in [1.165, 1.54) is 29.9 Å². The van der Waals surface area contributed by atoms with Crippen LogP contribution >= 0.6 is 0 Å². The van der Waals surface area contributed by atoms with E-state index in [0.29, 0.717) is 5.91 Å². The lowest BCUT2D eigenvalue weighted by atomic mass is 9.96. The summed E-state index contributed by atoms with van der Waals surface area (Å²) in [6.45, 7) is 4.82. The van der Waals surface area contributed by atoms with Gasteiger partial charge in [0.05, 0.1) is 19.0 Å². The average Bonchev–Trinajstić information content (AvgIpc) is 2.86. The zero-order valence-corrected chi connectivity index (χ0v) is 13.9. The fourth-order valence-corrected chi connectivity index (χ4v) is 3.96. The van der Waals surface area contributed by atoms with E-state index in [2.05, 4.69) is 4.90 Å². The van der Waals surface area contributed by atoms with Crippen LogP contribution in [0.2, 0.25) is 0 Å². The minimum Gasteiger partial charge on any atom is -0.342 e. The molecule has 0 aromatic heterocycles. The van der Waals surface area contributed by atoms with E-state index < -0.39 is 0 Å². The highest BCUT2D eigenvalue weighted by Gasteiger charge is 2.31. The van der Waals surface area contributed by atoms with Gasteiger partial charge < -0.3 is 9.80 Å². The zero-order chi connectivity index (χ0) is 16.1. The molecule has 1 aromatic carbocycles. The van der Waals surface area contributed by atoms with Gasteiger partial charge in [-0.1, -0.05) is 25.0 Å². The van der Waals surface area contributed by atoms with Crippen molar-refractivity contribution in [3.63, 3.8) is 0 Å². The Balaban J connectivity index is 1.56. The fourth-order valence-electron chi connectivity index (χ4n) is 3.96. The normalized spacial score (nSPS) is 25.9. The number of likely N-dealkylation sites (tertiary alicyclic amines) is 2. The summed E-state index contributed by atoms with van der Waals surface area (Å²) < 4.78 is 13.0. The molecule has 126 valence electrons. The molecule has 0 spiro atoms. The highest BCUT2D eigenvalue weighted by atomic mass is 19.1. The maximum atomic E-state index is 13.0. The van der Waals surface area contributed by atoms with E-state index in [9.17, 15) is 9.18 Å². The highest BCUT2D eigenvalue weighted by Crippen LogP contribution is 2.16.